The van der Waals surface area contributed by atoms with E-state index in [0.29, 0.717) is 4.47 Å². The minimum Gasteiger partial charge on any atom is -0.278 e. The third-order valence-electron chi connectivity index (χ3n) is 2.34. The molecule has 1 aromatic heterocycles. The molecule has 1 heterocycles. The summed E-state index contributed by atoms with van der Waals surface area (Å²) >= 11 is 3.18. The normalized spacial score (nSPS) is 10.8. The molecular weight excluding hydrogens is 349 g/mol. The number of halogens is 2. The quantitative estimate of drug-likeness (QED) is 0.917. The van der Waals surface area contributed by atoms with Crippen molar-refractivity contribution in [2.45, 2.75) is 4.90 Å². The van der Waals surface area contributed by atoms with Gasteiger partial charge in [0.2, 0.25) is 0 Å². The Morgan fingerprint density at radius 3 is 2.70 bits per heavy atom. The first-order valence-corrected chi connectivity index (χ1v) is 7.53. The van der Waals surface area contributed by atoms with Gasteiger partial charge < -0.3 is 0 Å². The fourth-order valence-corrected chi connectivity index (χ4v) is 2.85. The van der Waals surface area contributed by atoms with Crippen LogP contribution in [0.5, 0.6) is 0 Å². The molecule has 0 aliphatic heterocycles. The number of benzene rings is 1. The summed E-state index contributed by atoms with van der Waals surface area (Å²) in [6.07, 6.45) is 1.92. The molecule has 102 valence electrons. The third kappa shape index (κ3) is 3.12. The van der Waals surface area contributed by atoms with Crippen LogP contribution in [-0.2, 0) is 10.0 Å². The summed E-state index contributed by atoms with van der Waals surface area (Å²) < 4.78 is 40.1. The van der Waals surface area contributed by atoms with E-state index in [1.165, 1.54) is 12.1 Å². The Kier molecular flexibility index (Phi) is 4.01. The Morgan fingerprint density at radius 1 is 1.30 bits per heavy atom. The van der Waals surface area contributed by atoms with Crippen LogP contribution >= 0.6 is 15.9 Å². The molecule has 0 saturated heterocycles. The summed E-state index contributed by atoms with van der Waals surface area (Å²) in [6.45, 7) is 0. The molecule has 1 N–H and O–H groups in total. The molecule has 0 aliphatic carbocycles. The smallest absolute Gasteiger partial charge is 0.263 e. The van der Waals surface area contributed by atoms with E-state index in [1.54, 1.807) is 6.07 Å². The minimum absolute atomic E-state index is 0.103. The van der Waals surface area contributed by atoms with Crippen LogP contribution in [0.15, 0.2) is 46.0 Å². The van der Waals surface area contributed by atoms with Crippen LogP contribution in [0, 0.1) is 17.1 Å². The molecular formula is C12H7BrFN3O2S. The van der Waals surface area contributed by atoms with Crippen LogP contribution in [0.3, 0.4) is 0 Å². The lowest BCUT2D eigenvalue weighted by molar-refractivity contribution is 0.592. The summed E-state index contributed by atoms with van der Waals surface area (Å²) in [5.74, 6) is -0.761. The minimum atomic E-state index is -4.01. The van der Waals surface area contributed by atoms with Gasteiger partial charge in [-0.25, -0.2) is 12.8 Å². The molecule has 20 heavy (non-hydrogen) atoms. The zero-order chi connectivity index (χ0) is 14.8. The van der Waals surface area contributed by atoms with E-state index in [-0.39, 0.29) is 16.1 Å². The molecule has 0 spiro atoms. The van der Waals surface area contributed by atoms with Gasteiger partial charge in [-0.2, -0.15) is 5.26 Å². The lowest BCUT2D eigenvalue weighted by atomic mass is 10.2. The highest BCUT2D eigenvalue weighted by Gasteiger charge is 2.17. The van der Waals surface area contributed by atoms with Gasteiger partial charge in [0.05, 0.1) is 17.4 Å². The molecule has 2 aromatic rings. The van der Waals surface area contributed by atoms with Gasteiger partial charge in [-0.1, -0.05) is 15.9 Å². The summed E-state index contributed by atoms with van der Waals surface area (Å²) in [5, 5.41) is 8.95. The molecule has 0 saturated carbocycles. The van der Waals surface area contributed by atoms with Crippen molar-refractivity contribution in [3.05, 3.63) is 52.5 Å². The molecule has 8 heteroatoms. The summed E-state index contributed by atoms with van der Waals surface area (Å²) in [6, 6.07) is 7.24. The number of hydrogen-bond acceptors (Lipinski definition) is 4. The maximum Gasteiger partial charge on any atom is 0.263 e. The number of nitrogens with one attached hydrogen (secondary N) is 1. The van der Waals surface area contributed by atoms with Crippen molar-refractivity contribution >= 4 is 31.6 Å². The summed E-state index contributed by atoms with van der Waals surface area (Å²) in [7, 11) is -4.01. The highest BCUT2D eigenvalue weighted by atomic mass is 79.9. The van der Waals surface area contributed by atoms with E-state index >= 15 is 0 Å². The van der Waals surface area contributed by atoms with E-state index in [1.807, 2.05) is 6.07 Å². The number of anilines is 1. The van der Waals surface area contributed by atoms with Crippen LogP contribution < -0.4 is 4.72 Å². The van der Waals surface area contributed by atoms with Gasteiger partial charge in [-0.05, 0) is 24.3 Å². The van der Waals surface area contributed by atoms with Crippen LogP contribution in [0.25, 0.3) is 0 Å². The highest BCUT2D eigenvalue weighted by Crippen LogP contribution is 2.23. The molecule has 1 aromatic carbocycles. The predicted molar refractivity (Wildman–Crippen MR) is 73.9 cm³/mol. The number of nitriles is 1. The molecule has 0 fully saturated rings. The van der Waals surface area contributed by atoms with Gasteiger partial charge in [0.15, 0.2) is 0 Å². The number of pyridine rings is 1. The topological polar surface area (TPSA) is 82.9 Å². The second kappa shape index (κ2) is 5.56. The fraction of sp³-hybridized carbons (Fsp3) is 0. The van der Waals surface area contributed by atoms with Crippen LogP contribution in [0.1, 0.15) is 5.56 Å². The third-order valence-corrected chi connectivity index (χ3v) is 4.16. The van der Waals surface area contributed by atoms with Crippen LogP contribution in [0.2, 0.25) is 0 Å². The second-order valence-corrected chi connectivity index (χ2v) is 6.34. The van der Waals surface area contributed by atoms with E-state index in [9.17, 15) is 12.8 Å². The number of rotatable bonds is 3. The van der Waals surface area contributed by atoms with Gasteiger partial charge in [-0.15, -0.1) is 0 Å². The van der Waals surface area contributed by atoms with Crippen molar-refractivity contribution in [2.75, 3.05) is 4.72 Å². The lowest BCUT2D eigenvalue weighted by Gasteiger charge is -2.09. The molecule has 0 bridgehead atoms. The monoisotopic (exact) mass is 355 g/mol. The molecule has 0 atom stereocenters. The van der Waals surface area contributed by atoms with Gasteiger partial charge in [0, 0.05) is 10.7 Å². The fourth-order valence-electron chi connectivity index (χ4n) is 1.44. The zero-order valence-electron chi connectivity index (χ0n) is 9.84. The summed E-state index contributed by atoms with van der Waals surface area (Å²) in [5.41, 5.74) is 0.257. The van der Waals surface area contributed by atoms with Gasteiger partial charge in [0.1, 0.15) is 16.8 Å². The average Bonchev–Trinajstić information content (AvgIpc) is 2.38. The Balaban J connectivity index is 2.44. The number of aromatic nitrogens is 1. The molecule has 0 amide bonds. The Labute approximate surface area is 123 Å². The maximum absolute atomic E-state index is 13.0. The van der Waals surface area contributed by atoms with Crippen molar-refractivity contribution in [1.29, 1.82) is 5.26 Å². The van der Waals surface area contributed by atoms with Crippen LogP contribution in [0.4, 0.5) is 10.1 Å². The Bertz CT molecular complexity index is 803. The maximum atomic E-state index is 13.0. The standard InChI is InChI=1S/C12H7BrFN3O2S/c13-9-2-1-8(5-15)12(3-9)17-20(18,19)11-4-10(14)6-16-7-11/h1-4,6-7,17H. The second-order valence-electron chi connectivity index (χ2n) is 3.75. The lowest BCUT2D eigenvalue weighted by Crippen LogP contribution is -2.14. The average molecular weight is 356 g/mol. The zero-order valence-corrected chi connectivity index (χ0v) is 12.2. The first kappa shape index (κ1) is 14.4. The largest absolute Gasteiger partial charge is 0.278 e. The van der Waals surface area contributed by atoms with Gasteiger partial charge >= 0.3 is 0 Å². The first-order chi connectivity index (χ1) is 9.42. The van der Waals surface area contributed by atoms with Gasteiger partial charge in [0.25, 0.3) is 10.0 Å². The molecule has 2 rings (SSSR count). The summed E-state index contributed by atoms with van der Waals surface area (Å²) in [4.78, 5) is 3.17. The highest BCUT2D eigenvalue weighted by molar-refractivity contribution is 9.10. The van der Waals surface area contributed by atoms with E-state index in [4.69, 9.17) is 5.26 Å². The van der Waals surface area contributed by atoms with Crippen LogP contribution in [-0.4, -0.2) is 13.4 Å². The first-order valence-electron chi connectivity index (χ1n) is 5.25. The van der Waals surface area contributed by atoms with Crippen molar-refractivity contribution in [2.24, 2.45) is 0 Å². The molecule has 0 aliphatic rings. The Morgan fingerprint density at radius 2 is 2.05 bits per heavy atom. The Hall–Kier alpha value is -1.98. The molecule has 0 unspecified atom stereocenters. The van der Waals surface area contributed by atoms with Crippen molar-refractivity contribution in [3.8, 4) is 6.07 Å². The van der Waals surface area contributed by atoms with Crippen molar-refractivity contribution in [1.82, 2.24) is 4.98 Å². The molecule has 0 radical (unpaired) electrons. The van der Waals surface area contributed by atoms with E-state index < -0.39 is 15.8 Å². The van der Waals surface area contributed by atoms with E-state index in [0.717, 1.165) is 18.5 Å². The van der Waals surface area contributed by atoms with Crippen molar-refractivity contribution in [3.63, 3.8) is 0 Å². The van der Waals surface area contributed by atoms with E-state index in [2.05, 4.69) is 25.6 Å². The predicted octanol–water partition coefficient (Wildman–Crippen LogP) is 2.66. The van der Waals surface area contributed by atoms with Crippen molar-refractivity contribution < 1.29 is 12.8 Å². The molecule has 5 nitrogen and oxygen atoms in total. The van der Waals surface area contributed by atoms with Gasteiger partial charge in [-0.3, -0.25) is 9.71 Å². The SMILES string of the molecule is N#Cc1ccc(Br)cc1NS(=O)(=O)c1cncc(F)c1. The number of sulfonamides is 1. The number of nitrogens with zero attached hydrogens (tertiary/aromatic N) is 2. The number of hydrogen-bond donors (Lipinski definition) is 1.